The Morgan fingerprint density at radius 2 is 1.38 bits per heavy atom. The summed E-state index contributed by atoms with van der Waals surface area (Å²) in [5.41, 5.74) is 7.63. The number of benzene rings is 3. The van der Waals surface area contributed by atoms with Crippen LogP contribution in [0.5, 0.6) is 0 Å². The number of imidazole rings is 1. The summed E-state index contributed by atoms with van der Waals surface area (Å²) in [6.07, 6.45) is 7.34. The fourth-order valence-corrected chi connectivity index (χ4v) is 4.39. The molecule has 3 aromatic carbocycles. The maximum Gasteiger partial charge on any atom is 0.262 e. The van der Waals surface area contributed by atoms with Crippen molar-refractivity contribution in [2.45, 2.75) is 39.2 Å². The van der Waals surface area contributed by atoms with E-state index < -0.39 is 0 Å². The van der Waals surface area contributed by atoms with E-state index in [1.807, 2.05) is 0 Å². The molecule has 0 atom stereocenters. The van der Waals surface area contributed by atoms with Crippen molar-refractivity contribution < 1.29 is 4.57 Å². The van der Waals surface area contributed by atoms with Crippen LogP contribution in [0.4, 0.5) is 0 Å². The molecule has 0 radical (unpaired) electrons. The summed E-state index contributed by atoms with van der Waals surface area (Å²) >= 11 is 0. The quantitative estimate of drug-likeness (QED) is 0.378. The Labute approximate surface area is 173 Å². The average Bonchev–Trinajstić information content (AvgIpc) is 2.97. The highest BCUT2D eigenvalue weighted by molar-refractivity contribution is 5.69. The smallest absolute Gasteiger partial charge is 0.233 e. The van der Waals surface area contributed by atoms with Crippen LogP contribution in [-0.4, -0.2) is 4.57 Å². The summed E-state index contributed by atoms with van der Waals surface area (Å²) in [4.78, 5) is 0. The van der Waals surface area contributed by atoms with Crippen LogP contribution in [0.3, 0.4) is 0 Å². The molecule has 0 unspecified atom stereocenters. The highest BCUT2D eigenvalue weighted by atomic mass is 15.2. The van der Waals surface area contributed by atoms with Gasteiger partial charge in [0, 0.05) is 12.0 Å². The molecular formula is C27H27N2+. The lowest BCUT2D eigenvalue weighted by molar-refractivity contribution is -0.702. The van der Waals surface area contributed by atoms with Crippen LogP contribution in [0.2, 0.25) is 0 Å². The van der Waals surface area contributed by atoms with Crippen LogP contribution in [-0.2, 0) is 13.0 Å². The topological polar surface area (TPSA) is 8.81 Å². The van der Waals surface area contributed by atoms with Crippen LogP contribution >= 0.6 is 0 Å². The third-order valence-corrected chi connectivity index (χ3v) is 5.99. The maximum absolute atomic E-state index is 2.48. The first kappa shape index (κ1) is 17.9. The minimum absolute atomic E-state index is 1.11. The van der Waals surface area contributed by atoms with Gasteiger partial charge in [-0.1, -0.05) is 60.2 Å². The molecule has 29 heavy (non-hydrogen) atoms. The standard InChI is InChI=1S/C27H27N2/c1-21-11-17-25(18-12-21)29-26(20-28-19-7-3-6-10-27(28)29)24-15-13-23(14-16-24)22-8-4-2-5-9-22/h2,4-5,8-9,11-18,20H,3,6-7,10,19H2,1H3/q+1. The lowest BCUT2D eigenvalue weighted by Crippen LogP contribution is -2.35. The number of aromatic nitrogens is 2. The van der Waals surface area contributed by atoms with Crippen LogP contribution in [0.1, 0.15) is 30.7 Å². The van der Waals surface area contributed by atoms with Crippen molar-refractivity contribution in [3.8, 4) is 28.1 Å². The molecule has 0 fully saturated rings. The fourth-order valence-electron chi connectivity index (χ4n) is 4.39. The van der Waals surface area contributed by atoms with Crippen molar-refractivity contribution in [1.29, 1.82) is 0 Å². The molecule has 1 aliphatic heterocycles. The van der Waals surface area contributed by atoms with E-state index in [1.54, 1.807) is 0 Å². The molecule has 2 heterocycles. The van der Waals surface area contributed by atoms with Crippen LogP contribution in [0, 0.1) is 6.92 Å². The SMILES string of the molecule is Cc1ccc(-n2c(-c3ccc(-c4ccccc4)cc3)c[n+]3c2CCCCC3)cc1. The van der Waals surface area contributed by atoms with Crippen molar-refractivity contribution >= 4 is 0 Å². The Morgan fingerprint density at radius 3 is 2.14 bits per heavy atom. The zero-order valence-electron chi connectivity index (χ0n) is 17.0. The van der Waals surface area contributed by atoms with E-state index in [0.717, 1.165) is 13.0 Å². The molecule has 2 nitrogen and oxygen atoms in total. The first-order chi connectivity index (χ1) is 14.3. The fraction of sp³-hybridized carbons (Fsp3) is 0.222. The predicted octanol–water partition coefficient (Wildman–Crippen LogP) is 6.13. The van der Waals surface area contributed by atoms with E-state index in [0.29, 0.717) is 0 Å². The first-order valence-corrected chi connectivity index (χ1v) is 10.7. The Morgan fingerprint density at radius 1 is 0.690 bits per heavy atom. The minimum Gasteiger partial charge on any atom is -0.233 e. The van der Waals surface area contributed by atoms with Crippen LogP contribution in [0.15, 0.2) is 85.1 Å². The van der Waals surface area contributed by atoms with Gasteiger partial charge in [0.1, 0.15) is 11.9 Å². The number of fused-ring (bicyclic) bond motifs is 1. The van der Waals surface area contributed by atoms with E-state index in [1.165, 1.54) is 58.7 Å². The molecular weight excluding hydrogens is 352 g/mol. The summed E-state index contributed by atoms with van der Waals surface area (Å²) < 4.78 is 4.95. The van der Waals surface area contributed by atoms with E-state index in [9.17, 15) is 0 Å². The summed E-state index contributed by atoms with van der Waals surface area (Å²) in [6, 6.07) is 28.5. The number of nitrogens with zero attached hydrogens (tertiary/aromatic N) is 2. The van der Waals surface area contributed by atoms with Gasteiger partial charge in [-0.3, -0.25) is 0 Å². The molecule has 0 aliphatic carbocycles. The van der Waals surface area contributed by atoms with Crippen molar-refractivity contribution in [2.24, 2.45) is 0 Å². The van der Waals surface area contributed by atoms with Gasteiger partial charge in [0.25, 0.3) is 5.82 Å². The van der Waals surface area contributed by atoms with Gasteiger partial charge in [-0.25, -0.2) is 4.57 Å². The molecule has 5 rings (SSSR count). The Bertz CT molecular complexity index is 1100. The third-order valence-electron chi connectivity index (χ3n) is 5.99. The average molecular weight is 380 g/mol. The van der Waals surface area contributed by atoms with Gasteiger partial charge in [0.2, 0.25) is 0 Å². The van der Waals surface area contributed by atoms with Gasteiger partial charge in [0.05, 0.1) is 6.54 Å². The molecule has 0 amide bonds. The highest BCUT2D eigenvalue weighted by Gasteiger charge is 2.27. The van der Waals surface area contributed by atoms with E-state index in [4.69, 9.17) is 0 Å². The second-order valence-corrected chi connectivity index (χ2v) is 8.05. The largest absolute Gasteiger partial charge is 0.262 e. The zero-order chi connectivity index (χ0) is 19.6. The van der Waals surface area contributed by atoms with Crippen LogP contribution in [0.25, 0.3) is 28.1 Å². The molecule has 0 spiro atoms. The summed E-state index contributed by atoms with van der Waals surface area (Å²) in [5, 5.41) is 0. The van der Waals surface area contributed by atoms with Crippen molar-refractivity contribution in [3.63, 3.8) is 0 Å². The predicted molar refractivity (Wildman–Crippen MR) is 119 cm³/mol. The second-order valence-electron chi connectivity index (χ2n) is 8.05. The van der Waals surface area contributed by atoms with Gasteiger partial charge in [-0.2, -0.15) is 4.57 Å². The lowest BCUT2D eigenvalue weighted by Gasteiger charge is -2.07. The minimum atomic E-state index is 1.11. The van der Waals surface area contributed by atoms with Crippen molar-refractivity contribution in [1.82, 2.24) is 4.57 Å². The van der Waals surface area contributed by atoms with Crippen molar-refractivity contribution in [3.05, 3.63) is 96.4 Å². The Hall–Kier alpha value is -3.13. The maximum atomic E-state index is 2.48. The molecule has 2 heteroatoms. The molecule has 0 saturated carbocycles. The van der Waals surface area contributed by atoms with Crippen molar-refractivity contribution in [2.75, 3.05) is 0 Å². The molecule has 1 aromatic heterocycles. The summed E-state index contributed by atoms with van der Waals surface area (Å²) in [5.74, 6) is 1.42. The molecule has 0 N–H and O–H groups in total. The number of aryl methyl sites for hydroxylation is 2. The number of rotatable bonds is 3. The molecule has 1 aliphatic rings. The number of hydrogen-bond acceptors (Lipinski definition) is 0. The Kier molecular flexibility index (Phi) is 4.77. The summed E-state index contributed by atoms with van der Waals surface area (Å²) in [7, 11) is 0. The molecule has 0 saturated heterocycles. The lowest BCUT2D eigenvalue weighted by atomic mass is 10.0. The van der Waals surface area contributed by atoms with Gasteiger partial charge in [-0.05, 0) is 61.6 Å². The van der Waals surface area contributed by atoms with Gasteiger partial charge >= 0.3 is 0 Å². The van der Waals surface area contributed by atoms with E-state index >= 15 is 0 Å². The van der Waals surface area contributed by atoms with Gasteiger partial charge in [0.15, 0.2) is 5.69 Å². The molecule has 4 aromatic rings. The van der Waals surface area contributed by atoms with Crippen LogP contribution < -0.4 is 4.57 Å². The highest BCUT2D eigenvalue weighted by Crippen LogP contribution is 2.29. The summed E-state index contributed by atoms with van der Waals surface area (Å²) in [6.45, 7) is 3.27. The monoisotopic (exact) mass is 379 g/mol. The third kappa shape index (κ3) is 3.51. The Balaban J connectivity index is 1.62. The molecule has 0 bridgehead atoms. The number of hydrogen-bond donors (Lipinski definition) is 0. The van der Waals surface area contributed by atoms with E-state index in [2.05, 4.69) is 101 Å². The first-order valence-electron chi connectivity index (χ1n) is 10.7. The zero-order valence-corrected chi connectivity index (χ0v) is 17.0. The van der Waals surface area contributed by atoms with Gasteiger partial charge < -0.3 is 0 Å². The second kappa shape index (κ2) is 7.71. The van der Waals surface area contributed by atoms with Gasteiger partial charge in [-0.15, -0.1) is 0 Å². The van der Waals surface area contributed by atoms with E-state index in [-0.39, 0.29) is 0 Å². The molecule has 144 valence electrons. The normalized spacial score (nSPS) is 13.7.